The molecule has 2 aromatic rings. The first kappa shape index (κ1) is 13.8. The zero-order chi connectivity index (χ0) is 15.0. The van der Waals surface area contributed by atoms with E-state index in [1.807, 2.05) is 19.1 Å². The second-order valence-electron chi connectivity index (χ2n) is 5.63. The molecule has 0 atom stereocenters. The van der Waals surface area contributed by atoms with Crippen molar-refractivity contribution in [3.05, 3.63) is 46.7 Å². The number of fused-ring (bicyclic) bond motifs is 2. The summed E-state index contributed by atoms with van der Waals surface area (Å²) in [4.78, 5) is 17.9. The number of likely N-dealkylation sites (N-methyl/N-ethyl adjacent to an activating group) is 1. The lowest BCUT2D eigenvalue weighted by atomic mass is 9.95. The molecule has 4 nitrogen and oxygen atoms in total. The van der Waals surface area contributed by atoms with Gasteiger partial charge in [0.15, 0.2) is 0 Å². The number of hydrogen-bond donors (Lipinski definition) is 1. The fourth-order valence-corrected chi connectivity index (χ4v) is 2.87. The van der Waals surface area contributed by atoms with Crippen molar-refractivity contribution in [2.24, 2.45) is 0 Å². The zero-order valence-electron chi connectivity index (χ0n) is 12.3. The smallest absolute Gasteiger partial charge is 0.328 e. The predicted molar refractivity (Wildman–Crippen MR) is 83.2 cm³/mol. The van der Waals surface area contributed by atoms with Crippen molar-refractivity contribution in [1.29, 1.82) is 0 Å². The summed E-state index contributed by atoms with van der Waals surface area (Å²) in [6, 6.07) is 6.14. The van der Waals surface area contributed by atoms with Gasteiger partial charge in [-0.1, -0.05) is 11.6 Å². The van der Waals surface area contributed by atoms with Crippen LogP contribution in [0, 0.1) is 6.92 Å². The molecule has 1 aromatic heterocycles. The quantitative estimate of drug-likeness (QED) is 0.860. The van der Waals surface area contributed by atoms with Crippen LogP contribution in [0.3, 0.4) is 0 Å². The van der Waals surface area contributed by atoms with Crippen molar-refractivity contribution >= 4 is 22.9 Å². The molecular formula is C17H18N2O2. The van der Waals surface area contributed by atoms with E-state index in [4.69, 9.17) is 10.1 Å². The van der Waals surface area contributed by atoms with Gasteiger partial charge in [-0.05, 0) is 43.3 Å². The van der Waals surface area contributed by atoms with Crippen LogP contribution in [0.25, 0.3) is 17.0 Å². The Kier molecular flexibility index (Phi) is 3.47. The number of carbonyl (C=O) groups is 1. The van der Waals surface area contributed by atoms with E-state index in [0.29, 0.717) is 0 Å². The zero-order valence-corrected chi connectivity index (χ0v) is 12.3. The Bertz CT molecular complexity index is 750. The van der Waals surface area contributed by atoms with Crippen molar-refractivity contribution in [2.75, 3.05) is 13.6 Å². The molecule has 21 heavy (non-hydrogen) atoms. The van der Waals surface area contributed by atoms with E-state index in [0.717, 1.165) is 52.8 Å². The van der Waals surface area contributed by atoms with E-state index >= 15 is 0 Å². The molecule has 108 valence electrons. The summed E-state index contributed by atoms with van der Waals surface area (Å²) >= 11 is 0. The van der Waals surface area contributed by atoms with E-state index in [-0.39, 0.29) is 0 Å². The summed E-state index contributed by atoms with van der Waals surface area (Å²) in [7, 11) is 2.08. The van der Waals surface area contributed by atoms with Gasteiger partial charge in [0.05, 0.1) is 5.52 Å². The maximum Gasteiger partial charge on any atom is 0.328 e. The summed E-state index contributed by atoms with van der Waals surface area (Å²) in [5, 5.41) is 9.97. The highest BCUT2D eigenvalue weighted by Gasteiger charge is 2.19. The third-order valence-corrected chi connectivity index (χ3v) is 3.92. The second kappa shape index (κ2) is 5.30. The van der Waals surface area contributed by atoms with Crippen LogP contribution in [0.5, 0.6) is 0 Å². The van der Waals surface area contributed by atoms with Gasteiger partial charge in [0.2, 0.25) is 0 Å². The first-order valence-electron chi connectivity index (χ1n) is 7.06. The normalized spacial score (nSPS) is 15.5. The summed E-state index contributed by atoms with van der Waals surface area (Å²) < 4.78 is 0. The summed E-state index contributed by atoms with van der Waals surface area (Å²) in [5.74, 6) is -0.925. The predicted octanol–water partition coefficient (Wildman–Crippen LogP) is 2.63. The van der Waals surface area contributed by atoms with Gasteiger partial charge < -0.3 is 10.0 Å². The van der Waals surface area contributed by atoms with Crippen LogP contribution < -0.4 is 0 Å². The molecule has 2 heterocycles. The fourth-order valence-electron chi connectivity index (χ4n) is 2.87. The highest BCUT2D eigenvalue weighted by Crippen LogP contribution is 2.29. The molecule has 0 saturated heterocycles. The van der Waals surface area contributed by atoms with Crippen molar-refractivity contribution < 1.29 is 9.90 Å². The molecular weight excluding hydrogens is 264 g/mol. The number of carboxylic acid groups (broad SMARTS) is 1. The van der Waals surface area contributed by atoms with Crippen LogP contribution in [0.2, 0.25) is 0 Å². The van der Waals surface area contributed by atoms with Crippen molar-refractivity contribution in [2.45, 2.75) is 19.9 Å². The van der Waals surface area contributed by atoms with Gasteiger partial charge >= 0.3 is 5.97 Å². The van der Waals surface area contributed by atoms with E-state index in [9.17, 15) is 4.79 Å². The fraction of sp³-hybridized carbons (Fsp3) is 0.294. The SMILES string of the molecule is Cc1ccc2nc3c(c(/C=C/C(=O)O)c2c1)CN(C)CC3. The van der Waals surface area contributed by atoms with Gasteiger partial charge in [-0.3, -0.25) is 4.98 Å². The van der Waals surface area contributed by atoms with Crippen molar-refractivity contribution in [3.63, 3.8) is 0 Å². The number of aryl methyl sites for hydroxylation is 1. The van der Waals surface area contributed by atoms with Crippen LogP contribution >= 0.6 is 0 Å². The Balaban J connectivity index is 2.29. The van der Waals surface area contributed by atoms with Gasteiger partial charge in [-0.25, -0.2) is 4.79 Å². The average molecular weight is 282 g/mol. The van der Waals surface area contributed by atoms with Crippen LogP contribution in [0.1, 0.15) is 22.4 Å². The van der Waals surface area contributed by atoms with Crippen LogP contribution in [-0.2, 0) is 17.8 Å². The Labute approximate surface area is 123 Å². The Morgan fingerprint density at radius 2 is 2.24 bits per heavy atom. The Morgan fingerprint density at radius 1 is 1.43 bits per heavy atom. The standard InChI is InChI=1S/C17H18N2O2/c1-11-3-5-15-13(9-11)12(4-6-17(20)21)14-10-19(2)8-7-16(14)18-15/h3-6,9H,7-8,10H2,1-2H3,(H,20,21)/b6-4+. The lowest BCUT2D eigenvalue weighted by Crippen LogP contribution is -2.28. The molecule has 3 rings (SSSR count). The Morgan fingerprint density at radius 3 is 3.00 bits per heavy atom. The van der Waals surface area contributed by atoms with E-state index in [2.05, 4.69) is 18.0 Å². The first-order chi connectivity index (χ1) is 10.0. The first-order valence-corrected chi connectivity index (χ1v) is 7.06. The second-order valence-corrected chi connectivity index (χ2v) is 5.63. The van der Waals surface area contributed by atoms with Crippen LogP contribution in [-0.4, -0.2) is 34.6 Å². The number of rotatable bonds is 2. The minimum atomic E-state index is -0.925. The van der Waals surface area contributed by atoms with Crippen LogP contribution in [0.4, 0.5) is 0 Å². The molecule has 0 radical (unpaired) electrons. The molecule has 0 unspecified atom stereocenters. The number of pyridine rings is 1. The Hall–Kier alpha value is -2.20. The number of nitrogens with zero attached hydrogens (tertiary/aromatic N) is 2. The molecule has 0 saturated carbocycles. The topological polar surface area (TPSA) is 53.4 Å². The third kappa shape index (κ3) is 2.67. The van der Waals surface area contributed by atoms with E-state index < -0.39 is 5.97 Å². The third-order valence-electron chi connectivity index (χ3n) is 3.92. The van der Waals surface area contributed by atoms with Gasteiger partial charge in [0, 0.05) is 36.7 Å². The number of hydrogen-bond acceptors (Lipinski definition) is 3. The lowest BCUT2D eigenvalue weighted by Gasteiger charge is -2.26. The monoisotopic (exact) mass is 282 g/mol. The minimum Gasteiger partial charge on any atom is -0.478 e. The molecule has 0 spiro atoms. The molecule has 4 heteroatoms. The molecule has 0 aliphatic carbocycles. The van der Waals surface area contributed by atoms with Crippen molar-refractivity contribution in [1.82, 2.24) is 9.88 Å². The van der Waals surface area contributed by atoms with Gasteiger partial charge in [0.1, 0.15) is 0 Å². The molecule has 0 fully saturated rings. The maximum absolute atomic E-state index is 10.9. The number of benzene rings is 1. The molecule has 1 aliphatic rings. The van der Waals surface area contributed by atoms with E-state index in [1.165, 1.54) is 6.08 Å². The molecule has 1 aromatic carbocycles. The number of carboxylic acids is 1. The van der Waals surface area contributed by atoms with Crippen LogP contribution in [0.15, 0.2) is 24.3 Å². The highest BCUT2D eigenvalue weighted by molar-refractivity contribution is 5.94. The number of aliphatic carboxylic acids is 1. The average Bonchev–Trinajstić information content (AvgIpc) is 2.44. The summed E-state index contributed by atoms with van der Waals surface area (Å²) in [5.41, 5.74) is 5.33. The van der Waals surface area contributed by atoms with Gasteiger partial charge in [-0.2, -0.15) is 0 Å². The maximum atomic E-state index is 10.9. The summed E-state index contributed by atoms with van der Waals surface area (Å²) in [6.07, 6.45) is 3.83. The largest absolute Gasteiger partial charge is 0.478 e. The summed E-state index contributed by atoms with van der Waals surface area (Å²) in [6.45, 7) is 3.83. The molecule has 0 amide bonds. The van der Waals surface area contributed by atoms with Gasteiger partial charge in [-0.15, -0.1) is 0 Å². The molecule has 1 N–H and O–H groups in total. The van der Waals surface area contributed by atoms with Gasteiger partial charge in [0.25, 0.3) is 0 Å². The minimum absolute atomic E-state index is 0.811. The van der Waals surface area contributed by atoms with Crippen molar-refractivity contribution in [3.8, 4) is 0 Å². The number of aromatic nitrogens is 1. The van der Waals surface area contributed by atoms with E-state index in [1.54, 1.807) is 6.08 Å². The molecule has 1 aliphatic heterocycles. The lowest BCUT2D eigenvalue weighted by molar-refractivity contribution is -0.131. The highest BCUT2D eigenvalue weighted by atomic mass is 16.4. The molecule has 0 bridgehead atoms.